The number of halogens is 2. The molecule has 0 spiro atoms. The van der Waals surface area contributed by atoms with E-state index in [-0.39, 0.29) is 17.4 Å². The van der Waals surface area contributed by atoms with E-state index in [4.69, 9.17) is 4.74 Å². The molecule has 2 aromatic rings. The summed E-state index contributed by atoms with van der Waals surface area (Å²) in [6, 6.07) is 13.7. The van der Waals surface area contributed by atoms with Crippen molar-refractivity contribution < 1.29 is 23.0 Å². The second-order valence-corrected chi connectivity index (χ2v) is 6.59. The van der Waals surface area contributed by atoms with Gasteiger partial charge in [0, 0.05) is 12.1 Å². The lowest BCUT2D eigenvalue weighted by Gasteiger charge is -2.29. The van der Waals surface area contributed by atoms with Crippen molar-refractivity contribution in [2.24, 2.45) is 0 Å². The number of nitrogens with one attached hydrogen (secondary N) is 1. The molecule has 1 aliphatic heterocycles. The number of carbonyl (C=O) groups is 1. The zero-order chi connectivity index (χ0) is 19.9. The maximum atomic E-state index is 12.7. The number of hydrogen-bond acceptors (Lipinski definition) is 4. The third kappa shape index (κ3) is 4.78. The normalized spacial score (nSPS) is 15.4. The SMILES string of the molecule is COc1ccccc1[C@H](CNC(=O)c1ccccc1OC(F)F)N1CCCC1. The lowest BCUT2D eigenvalue weighted by molar-refractivity contribution is -0.0501. The summed E-state index contributed by atoms with van der Waals surface area (Å²) in [4.78, 5) is 15.0. The van der Waals surface area contributed by atoms with E-state index in [1.807, 2.05) is 24.3 Å². The number of alkyl halides is 2. The van der Waals surface area contributed by atoms with Crippen molar-refractivity contribution in [3.63, 3.8) is 0 Å². The molecule has 2 aromatic carbocycles. The smallest absolute Gasteiger partial charge is 0.387 e. The topological polar surface area (TPSA) is 50.8 Å². The van der Waals surface area contributed by atoms with Crippen LogP contribution in [0.25, 0.3) is 0 Å². The number of nitrogens with zero attached hydrogens (tertiary/aromatic N) is 1. The van der Waals surface area contributed by atoms with E-state index in [1.54, 1.807) is 19.2 Å². The highest BCUT2D eigenvalue weighted by atomic mass is 19.3. The van der Waals surface area contributed by atoms with Crippen LogP contribution in [-0.4, -0.2) is 44.2 Å². The van der Waals surface area contributed by atoms with Crippen LogP contribution in [0.5, 0.6) is 11.5 Å². The van der Waals surface area contributed by atoms with Gasteiger partial charge in [-0.2, -0.15) is 8.78 Å². The van der Waals surface area contributed by atoms with Crippen molar-refractivity contribution in [3.8, 4) is 11.5 Å². The molecule has 0 saturated carbocycles. The molecule has 1 N–H and O–H groups in total. The fourth-order valence-electron chi connectivity index (χ4n) is 3.57. The number of para-hydroxylation sites is 2. The van der Waals surface area contributed by atoms with Gasteiger partial charge in [0.25, 0.3) is 5.91 Å². The Balaban J connectivity index is 1.78. The highest BCUT2D eigenvalue weighted by molar-refractivity contribution is 5.96. The summed E-state index contributed by atoms with van der Waals surface area (Å²) in [6.07, 6.45) is 2.20. The molecular weight excluding hydrogens is 366 g/mol. The summed E-state index contributed by atoms with van der Waals surface area (Å²) in [6.45, 7) is -0.782. The molecule has 7 heteroatoms. The van der Waals surface area contributed by atoms with Crippen LogP contribution in [0.1, 0.15) is 34.8 Å². The maximum Gasteiger partial charge on any atom is 0.387 e. The van der Waals surface area contributed by atoms with Gasteiger partial charge in [-0.05, 0) is 44.1 Å². The number of methoxy groups -OCH3 is 1. The van der Waals surface area contributed by atoms with Gasteiger partial charge in [0.1, 0.15) is 11.5 Å². The largest absolute Gasteiger partial charge is 0.496 e. The molecule has 0 aliphatic carbocycles. The van der Waals surface area contributed by atoms with E-state index in [9.17, 15) is 13.6 Å². The van der Waals surface area contributed by atoms with Gasteiger partial charge in [-0.1, -0.05) is 30.3 Å². The van der Waals surface area contributed by atoms with E-state index < -0.39 is 12.5 Å². The first-order chi connectivity index (χ1) is 13.6. The minimum atomic E-state index is -2.99. The molecular formula is C21H24F2N2O3. The third-order valence-corrected chi connectivity index (χ3v) is 4.88. The van der Waals surface area contributed by atoms with Crippen molar-refractivity contribution in [2.45, 2.75) is 25.5 Å². The minimum absolute atomic E-state index is 0.0641. The summed E-state index contributed by atoms with van der Waals surface area (Å²) in [5.74, 6) is 0.176. The van der Waals surface area contributed by atoms with Crippen molar-refractivity contribution >= 4 is 5.91 Å². The van der Waals surface area contributed by atoms with Crippen LogP contribution < -0.4 is 14.8 Å². The Morgan fingerprint density at radius 2 is 1.71 bits per heavy atom. The molecule has 5 nitrogen and oxygen atoms in total. The average molecular weight is 390 g/mol. The van der Waals surface area contributed by atoms with E-state index in [0.717, 1.165) is 37.2 Å². The molecule has 1 amide bonds. The zero-order valence-corrected chi connectivity index (χ0v) is 15.7. The van der Waals surface area contributed by atoms with E-state index in [2.05, 4.69) is 15.0 Å². The first-order valence-electron chi connectivity index (χ1n) is 9.29. The van der Waals surface area contributed by atoms with E-state index >= 15 is 0 Å². The van der Waals surface area contributed by atoms with Crippen LogP contribution >= 0.6 is 0 Å². The number of carbonyl (C=O) groups excluding carboxylic acids is 1. The Morgan fingerprint density at radius 3 is 2.39 bits per heavy atom. The Kier molecular flexibility index (Phi) is 6.81. The Labute approximate surface area is 163 Å². The lowest BCUT2D eigenvalue weighted by Crippen LogP contribution is -2.37. The van der Waals surface area contributed by atoms with E-state index in [0.29, 0.717) is 6.54 Å². The molecule has 1 fully saturated rings. The summed E-state index contributed by atoms with van der Waals surface area (Å²) in [5, 5.41) is 2.88. The number of likely N-dealkylation sites (tertiary alicyclic amines) is 1. The van der Waals surface area contributed by atoms with Gasteiger partial charge in [-0.25, -0.2) is 0 Å². The summed E-state index contributed by atoms with van der Waals surface area (Å²) in [5.41, 5.74) is 1.08. The highest BCUT2D eigenvalue weighted by Crippen LogP contribution is 2.31. The van der Waals surface area contributed by atoms with Gasteiger partial charge in [0.2, 0.25) is 0 Å². The van der Waals surface area contributed by atoms with Crippen LogP contribution in [-0.2, 0) is 0 Å². The number of rotatable bonds is 8. The van der Waals surface area contributed by atoms with Crippen LogP contribution in [0, 0.1) is 0 Å². The summed E-state index contributed by atoms with van der Waals surface area (Å²) >= 11 is 0. The van der Waals surface area contributed by atoms with Gasteiger partial charge in [-0.15, -0.1) is 0 Å². The minimum Gasteiger partial charge on any atom is -0.496 e. The summed E-state index contributed by atoms with van der Waals surface area (Å²) < 4.78 is 35.2. The maximum absolute atomic E-state index is 12.7. The zero-order valence-electron chi connectivity index (χ0n) is 15.7. The molecule has 0 aromatic heterocycles. The number of amides is 1. The van der Waals surface area contributed by atoms with Gasteiger partial charge >= 0.3 is 6.61 Å². The third-order valence-electron chi connectivity index (χ3n) is 4.88. The van der Waals surface area contributed by atoms with Crippen LogP contribution in [0.15, 0.2) is 48.5 Å². The molecule has 1 atom stereocenters. The van der Waals surface area contributed by atoms with Gasteiger partial charge in [-0.3, -0.25) is 9.69 Å². The molecule has 0 radical (unpaired) electrons. The first-order valence-corrected chi connectivity index (χ1v) is 9.29. The molecule has 0 bridgehead atoms. The van der Waals surface area contributed by atoms with Crippen molar-refractivity contribution in [1.29, 1.82) is 0 Å². The Hall–Kier alpha value is -2.67. The highest BCUT2D eigenvalue weighted by Gasteiger charge is 2.27. The molecule has 1 saturated heterocycles. The second-order valence-electron chi connectivity index (χ2n) is 6.59. The first kappa shape index (κ1) is 20.1. The Morgan fingerprint density at radius 1 is 1.07 bits per heavy atom. The van der Waals surface area contributed by atoms with Gasteiger partial charge in [0.15, 0.2) is 0 Å². The average Bonchev–Trinajstić information content (AvgIpc) is 3.23. The molecule has 3 rings (SSSR count). The van der Waals surface area contributed by atoms with Gasteiger partial charge in [0.05, 0.1) is 18.7 Å². The standard InChI is InChI=1S/C21H24F2N2O3/c1-27-18-10-4-2-8-15(18)17(25-12-6-7-13-25)14-24-20(26)16-9-3-5-11-19(16)28-21(22)23/h2-5,8-11,17,21H,6-7,12-14H2,1H3,(H,24,26)/t17-/m0/s1. The van der Waals surface area contributed by atoms with Crippen molar-refractivity contribution in [1.82, 2.24) is 10.2 Å². The fourth-order valence-corrected chi connectivity index (χ4v) is 3.57. The number of hydrogen-bond donors (Lipinski definition) is 1. The fraction of sp³-hybridized carbons (Fsp3) is 0.381. The van der Waals surface area contributed by atoms with Gasteiger partial charge < -0.3 is 14.8 Å². The summed E-state index contributed by atoms with van der Waals surface area (Å²) in [7, 11) is 1.62. The van der Waals surface area contributed by atoms with E-state index in [1.165, 1.54) is 12.1 Å². The second kappa shape index (κ2) is 9.50. The predicted octanol–water partition coefficient (Wildman–Crippen LogP) is 3.86. The predicted molar refractivity (Wildman–Crippen MR) is 102 cm³/mol. The lowest BCUT2D eigenvalue weighted by atomic mass is 10.0. The monoisotopic (exact) mass is 390 g/mol. The van der Waals surface area contributed by atoms with Crippen LogP contribution in [0.3, 0.4) is 0 Å². The number of benzene rings is 2. The van der Waals surface area contributed by atoms with Crippen molar-refractivity contribution in [3.05, 3.63) is 59.7 Å². The van der Waals surface area contributed by atoms with Crippen LogP contribution in [0.2, 0.25) is 0 Å². The van der Waals surface area contributed by atoms with Crippen molar-refractivity contribution in [2.75, 3.05) is 26.7 Å². The molecule has 0 unspecified atom stereocenters. The molecule has 150 valence electrons. The quantitative estimate of drug-likeness (QED) is 0.744. The number of ether oxygens (including phenoxy) is 2. The molecule has 1 heterocycles. The van der Waals surface area contributed by atoms with Crippen LogP contribution in [0.4, 0.5) is 8.78 Å². The molecule has 1 aliphatic rings. The Bertz CT molecular complexity index is 795. The molecule has 28 heavy (non-hydrogen) atoms.